The number of aromatic amines is 1. The highest BCUT2D eigenvalue weighted by molar-refractivity contribution is 7.18. The molecule has 4 rings (SSSR count). The monoisotopic (exact) mass is 396 g/mol. The first kappa shape index (κ1) is 19.3. The first-order valence-corrected chi connectivity index (χ1v) is 10.7. The minimum atomic E-state index is -0.00425. The van der Waals surface area contributed by atoms with Crippen molar-refractivity contribution in [3.05, 3.63) is 61.5 Å². The topological polar surface area (TPSA) is 52.2 Å². The number of aromatic nitrogens is 2. The lowest BCUT2D eigenvalue weighted by atomic mass is 10.0. The second-order valence-corrected chi connectivity index (χ2v) is 9.16. The van der Waals surface area contributed by atoms with E-state index < -0.39 is 0 Å². The van der Waals surface area contributed by atoms with Gasteiger partial charge in [0.05, 0.1) is 11.9 Å². The van der Waals surface area contributed by atoms with Crippen LogP contribution in [-0.2, 0) is 13.1 Å². The van der Waals surface area contributed by atoms with Gasteiger partial charge in [-0.3, -0.25) is 14.6 Å². The molecule has 28 heavy (non-hydrogen) atoms. The van der Waals surface area contributed by atoms with Gasteiger partial charge in [0.25, 0.3) is 5.56 Å². The van der Waals surface area contributed by atoms with E-state index in [0.717, 1.165) is 54.3 Å². The Labute approximate surface area is 170 Å². The van der Waals surface area contributed by atoms with Crippen LogP contribution in [0.2, 0.25) is 0 Å². The zero-order chi connectivity index (χ0) is 19.8. The highest BCUT2D eigenvalue weighted by Gasteiger charge is 2.19. The normalized spacial score (nSPS) is 16.1. The Morgan fingerprint density at radius 1 is 1.04 bits per heavy atom. The van der Waals surface area contributed by atoms with Gasteiger partial charge in [-0.15, -0.1) is 11.3 Å². The third-order valence-corrected chi connectivity index (χ3v) is 6.93. The Bertz CT molecular complexity index is 1060. The first-order chi connectivity index (χ1) is 13.4. The average molecular weight is 397 g/mol. The maximum Gasteiger partial charge on any atom is 0.259 e. The molecule has 3 heterocycles. The van der Waals surface area contributed by atoms with E-state index in [1.54, 1.807) is 11.3 Å². The van der Waals surface area contributed by atoms with Gasteiger partial charge in [0, 0.05) is 37.6 Å². The van der Waals surface area contributed by atoms with Crippen LogP contribution < -0.4 is 5.56 Å². The lowest BCUT2D eigenvalue weighted by Crippen LogP contribution is -2.45. The molecule has 5 nitrogen and oxygen atoms in total. The van der Waals surface area contributed by atoms with Crippen LogP contribution in [-0.4, -0.2) is 45.9 Å². The van der Waals surface area contributed by atoms with E-state index in [4.69, 9.17) is 4.98 Å². The molecule has 1 N–H and O–H groups in total. The summed E-state index contributed by atoms with van der Waals surface area (Å²) in [6, 6.07) is 6.70. The third kappa shape index (κ3) is 3.90. The fraction of sp³-hybridized carbons (Fsp3) is 0.455. The van der Waals surface area contributed by atoms with E-state index in [2.05, 4.69) is 53.8 Å². The molecule has 6 heteroatoms. The standard InChI is InChI=1S/C22H28N4OS/c1-14-5-6-15(2)18(11-14)12-25-7-9-26(10-8-25)13-19-23-21(27)20-16(3)17(4)28-22(20)24-19/h5-6,11H,7-10,12-13H2,1-4H3,(H,23,24,27). The lowest BCUT2D eigenvalue weighted by Gasteiger charge is -2.34. The number of H-pyrrole nitrogens is 1. The maximum atomic E-state index is 12.5. The fourth-order valence-corrected chi connectivity index (χ4v) is 4.95. The number of hydrogen-bond donors (Lipinski definition) is 1. The Morgan fingerprint density at radius 2 is 1.71 bits per heavy atom. The average Bonchev–Trinajstić information content (AvgIpc) is 2.94. The van der Waals surface area contributed by atoms with E-state index >= 15 is 0 Å². The van der Waals surface area contributed by atoms with Crippen LogP contribution in [0.4, 0.5) is 0 Å². The molecule has 2 aromatic heterocycles. The van der Waals surface area contributed by atoms with E-state index in [0.29, 0.717) is 6.54 Å². The van der Waals surface area contributed by atoms with Crippen LogP contribution in [0.15, 0.2) is 23.0 Å². The van der Waals surface area contributed by atoms with Crippen LogP contribution in [0.25, 0.3) is 10.2 Å². The van der Waals surface area contributed by atoms with Crippen molar-refractivity contribution in [3.63, 3.8) is 0 Å². The summed E-state index contributed by atoms with van der Waals surface area (Å²) in [6.45, 7) is 14.2. The summed E-state index contributed by atoms with van der Waals surface area (Å²) in [5, 5.41) is 0.754. The second kappa shape index (κ2) is 7.78. The van der Waals surface area contributed by atoms with Crippen LogP contribution in [0.3, 0.4) is 0 Å². The summed E-state index contributed by atoms with van der Waals surface area (Å²) >= 11 is 1.62. The summed E-state index contributed by atoms with van der Waals surface area (Å²) < 4.78 is 0. The number of nitrogens with one attached hydrogen (secondary N) is 1. The summed E-state index contributed by atoms with van der Waals surface area (Å²) in [4.78, 5) is 27.1. The molecule has 148 valence electrons. The Hall–Kier alpha value is -2.02. The van der Waals surface area contributed by atoms with E-state index in [9.17, 15) is 4.79 Å². The van der Waals surface area contributed by atoms with Crippen LogP contribution in [0.1, 0.15) is 33.0 Å². The molecule has 0 saturated carbocycles. The van der Waals surface area contributed by atoms with Gasteiger partial charge < -0.3 is 4.98 Å². The summed E-state index contributed by atoms with van der Waals surface area (Å²) in [7, 11) is 0. The SMILES string of the molecule is Cc1ccc(C)c(CN2CCN(Cc3nc4sc(C)c(C)c4c(=O)[nH]3)CC2)c1. The van der Waals surface area contributed by atoms with E-state index in [1.807, 2.05) is 6.92 Å². The lowest BCUT2D eigenvalue weighted by molar-refractivity contribution is 0.120. The van der Waals surface area contributed by atoms with Crippen molar-refractivity contribution in [2.75, 3.05) is 26.2 Å². The molecule has 0 radical (unpaired) electrons. The predicted octanol–water partition coefficient (Wildman–Crippen LogP) is 3.54. The van der Waals surface area contributed by atoms with Crippen LogP contribution in [0, 0.1) is 27.7 Å². The molecule has 0 amide bonds. The molecule has 1 aromatic carbocycles. The van der Waals surface area contributed by atoms with Gasteiger partial charge in [-0.25, -0.2) is 4.98 Å². The number of thiophene rings is 1. The molecule has 0 aliphatic carbocycles. The zero-order valence-electron chi connectivity index (χ0n) is 17.1. The number of benzene rings is 1. The summed E-state index contributed by atoms with van der Waals surface area (Å²) in [6.07, 6.45) is 0. The molecule has 0 bridgehead atoms. The number of piperazine rings is 1. The van der Waals surface area contributed by atoms with Gasteiger partial charge in [-0.05, 0) is 44.4 Å². The van der Waals surface area contributed by atoms with Gasteiger partial charge >= 0.3 is 0 Å². The van der Waals surface area contributed by atoms with Crippen molar-refractivity contribution in [2.24, 2.45) is 0 Å². The molecule has 1 fully saturated rings. The number of nitrogens with zero attached hydrogens (tertiary/aromatic N) is 3. The number of aryl methyl sites for hydroxylation is 4. The van der Waals surface area contributed by atoms with Crippen LogP contribution >= 0.6 is 11.3 Å². The predicted molar refractivity (Wildman–Crippen MR) is 116 cm³/mol. The molecule has 0 spiro atoms. The van der Waals surface area contributed by atoms with Crippen molar-refractivity contribution >= 4 is 21.6 Å². The van der Waals surface area contributed by atoms with Gasteiger partial charge in [0.1, 0.15) is 10.7 Å². The fourth-order valence-electron chi connectivity index (χ4n) is 3.90. The van der Waals surface area contributed by atoms with Crippen molar-refractivity contribution in [2.45, 2.75) is 40.8 Å². The molecule has 3 aromatic rings. The Balaban J connectivity index is 1.40. The third-order valence-electron chi connectivity index (χ3n) is 5.82. The largest absolute Gasteiger partial charge is 0.309 e. The number of rotatable bonds is 4. The summed E-state index contributed by atoms with van der Waals surface area (Å²) in [5.41, 5.74) is 5.16. The van der Waals surface area contributed by atoms with Gasteiger partial charge in [0.2, 0.25) is 0 Å². The molecule has 1 saturated heterocycles. The van der Waals surface area contributed by atoms with Crippen LogP contribution in [0.5, 0.6) is 0 Å². The number of hydrogen-bond acceptors (Lipinski definition) is 5. The van der Waals surface area contributed by atoms with Crippen molar-refractivity contribution < 1.29 is 0 Å². The number of fused-ring (bicyclic) bond motifs is 1. The summed E-state index contributed by atoms with van der Waals surface area (Å²) in [5.74, 6) is 0.779. The van der Waals surface area contributed by atoms with Gasteiger partial charge in [0.15, 0.2) is 0 Å². The Morgan fingerprint density at radius 3 is 2.43 bits per heavy atom. The second-order valence-electron chi connectivity index (χ2n) is 7.96. The highest BCUT2D eigenvalue weighted by atomic mass is 32.1. The molecule has 1 aliphatic rings. The molecule has 0 unspecified atom stereocenters. The minimum absolute atomic E-state index is 0.00425. The first-order valence-electron chi connectivity index (χ1n) is 9.90. The van der Waals surface area contributed by atoms with Gasteiger partial charge in [-0.2, -0.15) is 0 Å². The Kier molecular flexibility index (Phi) is 5.36. The molecular weight excluding hydrogens is 368 g/mol. The molecular formula is C22H28N4OS. The van der Waals surface area contributed by atoms with Crippen molar-refractivity contribution in [1.29, 1.82) is 0 Å². The van der Waals surface area contributed by atoms with E-state index in [-0.39, 0.29) is 5.56 Å². The molecule has 1 aliphatic heterocycles. The minimum Gasteiger partial charge on any atom is -0.309 e. The van der Waals surface area contributed by atoms with Crippen molar-refractivity contribution in [1.82, 2.24) is 19.8 Å². The maximum absolute atomic E-state index is 12.5. The molecule has 0 atom stereocenters. The highest BCUT2D eigenvalue weighted by Crippen LogP contribution is 2.25. The smallest absolute Gasteiger partial charge is 0.259 e. The van der Waals surface area contributed by atoms with Crippen molar-refractivity contribution in [3.8, 4) is 0 Å². The van der Waals surface area contributed by atoms with Gasteiger partial charge in [-0.1, -0.05) is 23.8 Å². The quantitative estimate of drug-likeness (QED) is 0.733. The van der Waals surface area contributed by atoms with E-state index in [1.165, 1.54) is 21.6 Å². The zero-order valence-corrected chi connectivity index (χ0v) is 17.9.